The number of anilines is 2. The van der Waals surface area contributed by atoms with Crippen LogP contribution in [0.15, 0.2) is 60.8 Å². The molecule has 5 heterocycles. The second-order valence-electron chi connectivity index (χ2n) is 22.3. The van der Waals surface area contributed by atoms with Crippen molar-refractivity contribution in [2.75, 3.05) is 97.2 Å². The first-order valence-corrected chi connectivity index (χ1v) is 28.7. The molecule has 0 radical (unpaired) electrons. The van der Waals surface area contributed by atoms with E-state index in [1.807, 2.05) is 64.1 Å². The van der Waals surface area contributed by atoms with Gasteiger partial charge in [-0.3, -0.25) is 24.0 Å². The highest BCUT2D eigenvalue weighted by molar-refractivity contribution is 5.97. The number of aryl methyl sites for hydroxylation is 1. The first kappa shape index (κ1) is 62.7. The van der Waals surface area contributed by atoms with Crippen LogP contribution >= 0.6 is 0 Å². The minimum absolute atomic E-state index is 0.0125. The van der Waals surface area contributed by atoms with Gasteiger partial charge in [-0.25, -0.2) is 9.37 Å². The number of nitrogen functional groups attached to an aromatic ring is 1. The lowest BCUT2D eigenvalue weighted by molar-refractivity contribution is -0.144. The molecular formula is C60H83FN12O9. The molecule has 2 bridgehead atoms. The number of nitrogens with one attached hydrogen (secondary N) is 4. The van der Waals surface area contributed by atoms with Gasteiger partial charge in [-0.05, 0) is 92.4 Å². The van der Waals surface area contributed by atoms with Crippen LogP contribution in [-0.2, 0) is 51.2 Å². The van der Waals surface area contributed by atoms with Crippen LogP contribution in [-0.4, -0.2) is 165 Å². The molecule has 2 saturated heterocycles. The average molecular weight is 1140 g/mol. The summed E-state index contributed by atoms with van der Waals surface area (Å²) in [6.07, 6.45) is 5.10. The lowest BCUT2D eigenvalue weighted by Crippen LogP contribution is -2.59. The lowest BCUT2D eigenvalue weighted by Gasteiger charge is -2.36. The normalized spacial score (nSPS) is 18.1. The number of rotatable bonds is 28. The van der Waals surface area contributed by atoms with Crippen LogP contribution in [0.1, 0.15) is 119 Å². The van der Waals surface area contributed by atoms with Crippen molar-refractivity contribution in [1.82, 2.24) is 45.8 Å². The SMILES string of the molecule is [C-]#[N+]c1c2c(nn1CCCC(=O)CCOCCOCCOCCOCCN[C@@H]1C[C@H](C(=O)N[C@@H](CC)c3ccccc3)N(C(=O)[C@H](NC(=O)[C@@H](C)NC)C(C)(C)C)C1)CN(C)C(=O)c1ccc(F)cc1[C@H]1CCCN1c1cc-2cnc1N. The van der Waals surface area contributed by atoms with E-state index in [1.165, 1.54) is 23.1 Å². The van der Waals surface area contributed by atoms with Crippen molar-refractivity contribution in [3.05, 3.63) is 100 Å². The molecule has 0 aliphatic carbocycles. The van der Waals surface area contributed by atoms with E-state index in [9.17, 15) is 28.4 Å². The summed E-state index contributed by atoms with van der Waals surface area (Å²) in [5, 5.41) is 17.4. The topological polar surface area (TPSA) is 241 Å². The Morgan fingerprint density at radius 1 is 0.939 bits per heavy atom. The van der Waals surface area contributed by atoms with Gasteiger partial charge < -0.3 is 65.5 Å². The van der Waals surface area contributed by atoms with Crippen molar-refractivity contribution in [1.29, 1.82) is 0 Å². The maximum Gasteiger partial charge on any atom is 0.260 e. The number of ether oxygens (including phenoxy) is 4. The largest absolute Gasteiger partial charge is 0.382 e. The number of nitrogens with two attached hydrogens (primary N) is 1. The van der Waals surface area contributed by atoms with Gasteiger partial charge in [-0.2, -0.15) is 4.68 Å². The van der Waals surface area contributed by atoms with Crippen LogP contribution in [0, 0.1) is 17.8 Å². The maximum atomic E-state index is 14.7. The van der Waals surface area contributed by atoms with Gasteiger partial charge in [0.1, 0.15) is 35.2 Å². The predicted molar refractivity (Wildman–Crippen MR) is 309 cm³/mol. The van der Waals surface area contributed by atoms with E-state index in [-0.39, 0.29) is 79.3 Å². The Labute approximate surface area is 481 Å². The molecule has 4 amide bonds. The van der Waals surface area contributed by atoms with Gasteiger partial charge in [-0.1, -0.05) is 64.6 Å². The fraction of sp³-hybridized carbons (Fsp3) is 0.567. The summed E-state index contributed by atoms with van der Waals surface area (Å²) < 4.78 is 39.1. The van der Waals surface area contributed by atoms with Gasteiger partial charge in [-0.15, -0.1) is 5.10 Å². The zero-order valence-electron chi connectivity index (χ0n) is 48.6. The molecule has 4 aromatic rings. The summed E-state index contributed by atoms with van der Waals surface area (Å²) in [4.78, 5) is 81.9. The van der Waals surface area contributed by atoms with Gasteiger partial charge in [0.25, 0.3) is 11.7 Å². The molecule has 22 heteroatoms. The van der Waals surface area contributed by atoms with E-state index in [2.05, 4.69) is 36.0 Å². The first-order chi connectivity index (χ1) is 39.4. The third-order valence-corrected chi connectivity index (χ3v) is 15.4. The highest BCUT2D eigenvalue weighted by Crippen LogP contribution is 2.44. The minimum Gasteiger partial charge on any atom is -0.382 e. The number of amides is 4. The molecule has 2 aromatic carbocycles. The quantitative estimate of drug-likeness (QED) is 0.0328. The number of ketones is 1. The monoisotopic (exact) mass is 1130 g/mol. The van der Waals surface area contributed by atoms with Crippen molar-refractivity contribution in [2.24, 2.45) is 5.41 Å². The fourth-order valence-electron chi connectivity index (χ4n) is 10.8. The molecule has 7 rings (SSSR count). The number of Topliss-reactive ketones (excluding diaryl/α,β-unsaturated/α-hetero) is 1. The van der Waals surface area contributed by atoms with E-state index in [0.29, 0.717) is 138 Å². The Balaban J connectivity index is 0.783. The molecule has 82 heavy (non-hydrogen) atoms. The third kappa shape index (κ3) is 16.2. The minimum atomic E-state index is -0.855. The molecule has 444 valence electrons. The molecule has 6 N–H and O–H groups in total. The van der Waals surface area contributed by atoms with E-state index in [1.54, 1.807) is 36.8 Å². The van der Waals surface area contributed by atoms with Crippen LogP contribution in [0.25, 0.3) is 16.0 Å². The van der Waals surface area contributed by atoms with Crippen molar-refractivity contribution < 1.29 is 47.3 Å². The van der Waals surface area contributed by atoms with Crippen LogP contribution in [0.4, 0.5) is 21.7 Å². The van der Waals surface area contributed by atoms with Gasteiger partial charge in [0.15, 0.2) is 0 Å². The summed E-state index contributed by atoms with van der Waals surface area (Å²) in [5.41, 5.74) is 10.1. The van der Waals surface area contributed by atoms with E-state index in [4.69, 9.17) is 36.4 Å². The molecular weight excluding hydrogens is 1050 g/mol. The second kappa shape index (κ2) is 29.9. The Morgan fingerprint density at radius 2 is 1.63 bits per heavy atom. The summed E-state index contributed by atoms with van der Waals surface area (Å²) >= 11 is 0. The lowest BCUT2D eigenvalue weighted by atomic mass is 9.85. The first-order valence-electron chi connectivity index (χ1n) is 28.7. The smallest absolute Gasteiger partial charge is 0.260 e. The molecule has 2 aromatic heterocycles. The molecule has 0 spiro atoms. The molecule has 3 aliphatic rings. The summed E-state index contributed by atoms with van der Waals surface area (Å²) in [6, 6.07) is 13.1. The Bertz CT molecular complexity index is 2860. The molecule has 6 atom stereocenters. The van der Waals surface area contributed by atoms with E-state index < -0.39 is 29.4 Å². The number of likely N-dealkylation sites (tertiary alicyclic amines) is 1. The number of hydrogen-bond donors (Lipinski definition) is 5. The van der Waals surface area contributed by atoms with Gasteiger partial charge in [0.2, 0.25) is 17.7 Å². The number of pyridine rings is 1. The second-order valence-corrected chi connectivity index (χ2v) is 22.3. The zero-order valence-corrected chi connectivity index (χ0v) is 48.6. The van der Waals surface area contributed by atoms with E-state index in [0.717, 1.165) is 12.0 Å². The van der Waals surface area contributed by atoms with Crippen molar-refractivity contribution >= 4 is 46.7 Å². The number of carbonyl (C=O) groups is 5. The molecule has 3 aliphatic heterocycles. The van der Waals surface area contributed by atoms with E-state index >= 15 is 0 Å². The molecule has 2 fully saturated rings. The average Bonchev–Trinajstić information content (AvgIpc) is 4.30. The highest BCUT2D eigenvalue weighted by Gasteiger charge is 2.45. The number of likely N-dealkylation sites (N-methyl/N-ethyl adjacent to an activating group) is 1. The third-order valence-electron chi connectivity index (χ3n) is 15.4. The zero-order chi connectivity index (χ0) is 58.9. The van der Waals surface area contributed by atoms with Gasteiger partial charge in [0.05, 0.1) is 89.8 Å². The van der Waals surface area contributed by atoms with Crippen LogP contribution in [0.5, 0.6) is 0 Å². The van der Waals surface area contributed by atoms with Crippen molar-refractivity contribution in [2.45, 2.75) is 129 Å². The molecule has 0 saturated carbocycles. The highest BCUT2D eigenvalue weighted by atomic mass is 19.1. The number of hydrogen-bond acceptors (Lipinski definition) is 15. The van der Waals surface area contributed by atoms with Crippen molar-refractivity contribution in [3.63, 3.8) is 0 Å². The summed E-state index contributed by atoms with van der Waals surface area (Å²) in [5.74, 6) is -0.984. The Kier molecular flexibility index (Phi) is 22.9. The number of fused-ring (bicyclic) bond motifs is 8. The summed E-state index contributed by atoms with van der Waals surface area (Å²) in [7, 11) is 3.35. The van der Waals surface area contributed by atoms with Crippen LogP contribution in [0.2, 0.25) is 0 Å². The van der Waals surface area contributed by atoms with Crippen LogP contribution in [0.3, 0.4) is 0 Å². The summed E-state index contributed by atoms with van der Waals surface area (Å²) in [6.45, 7) is 22.1. The van der Waals surface area contributed by atoms with Gasteiger partial charge >= 0.3 is 0 Å². The van der Waals surface area contributed by atoms with Gasteiger partial charge in [0, 0.05) is 62.9 Å². The Hall–Kier alpha value is -6.87. The Morgan fingerprint density at radius 3 is 2.30 bits per heavy atom. The number of halogens is 1. The number of benzene rings is 2. The number of aromatic nitrogens is 3. The molecule has 0 unspecified atom stereocenters. The standard InChI is InChI=1S/C60H83FN12O9/c1-9-47(40-15-11-10-12-16-40)67-57(76)51-35-43(37-72(51)59(78)53(60(3,4)5)68-56(75)39(2)63-6)65-22-26-80-28-30-82-32-31-81-29-27-79-25-21-44(74)17-13-24-73-55(64-7)52-41-33-50(54(62)66-36-41)71-23-14-18-49(71)46-34-42(61)19-20-45(46)58(77)70(8)38-48(52)69-73/h10-12,15-16,19-20,33-34,36,39,43,47,49,51,53,63,65H,9,13-14,17-18,21-32,35,37-38H2,1-6,8H3,(H2,62,66)(H,67,76)(H,68,75)/t39-,43-,47+,49-,51-,53+/m1/s1. The number of carbonyl (C=O) groups excluding carboxylic acids is 5. The number of nitrogens with zero attached hydrogens (tertiary/aromatic N) is 7. The van der Waals surface area contributed by atoms with Crippen LogP contribution < -0.4 is 31.9 Å². The van der Waals surface area contributed by atoms with Crippen molar-refractivity contribution in [3.8, 4) is 11.1 Å². The fourth-order valence-corrected chi connectivity index (χ4v) is 10.8. The predicted octanol–water partition coefficient (Wildman–Crippen LogP) is 5.92. The molecule has 21 nitrogen and oxygen atoms in total. The maximum absolute atomic E-state index is 14.7.